The number of carboxylic acids is 1. The van der Waals surface area contributed by atoms with Crippen LogP contribution in [0.5, 0.6) is 0 Å². The standard InChI is InChI=1S/C57H104O8/c1-3-5-7-9-11-13-15-17-19-24-28-32-36-40-44-48-55(60)63-51-53(52-64-56(61)49-45-41-37-33-29-25-20-18-16-14-12-10-8-6-4-2)65-57(62)50-46-42-38-34-30-26-22-21-23-27-31-35-39-43-47-54(58)59/h17,19,21-22,53H,3-16,18,20,23-52H2,1-2H3,(H,58,59)/b19-17-,22-21?. The van der Waals surface area contributed by atoms with E-state index >= 15 is 0 Å². The summed E-state index contributed by atoms with van der Waals surface area (Å²) in [5.41, 5.74) is 0. The van der Waals surface area contributed by atoms with Gasteiger partial charge in [-0.15, -0.1) is 0 Å². The van der Waals surface area contributed by atoms with Crippen LogP contribution in [-0.2, 0) is 33.4 Å². The van der Waals surface area contributed by atoms with Gasteiger partial charge < -0.3 is 19.3 Å². The minimum Gasteiger partial charge on any atom is -0.481 e. The van der Waals surface area contributed by atoms with Gasteiger partial charge in [-0.25, -0.2) is 0 Å². The van der Waals surface area contributed by atoms with Crippen molar-refractivity contribution in [2.75, 3.05) is 13.2 Å². The zero-order chi connectivity index (χ0) is 47.4. The lowest BCUT2D eigenvalue weighted by atomic mass is 10.0. The molecular formula is C57H104O8. The van der Waals surface area contributed by atoms with Crippen molar-refractivity contribution in [3.05, 3.63) is 24.3 Å². The Morgan fingerprint density at radius 1 is 0.338 bits per heavy atom. The minimum atomic E-state index is -0.797. The molecule has 0 aromatic rings. The van der Waals surface area contributed by atoms with E-state index in [9.17, 15) is 19.2 Å². The Morgan fingerprint density at radius 3 is 0.877 bits per heavy atom. The highest BCUT2D eigenvalue weighted by molar-refractivity contribution is 5.71. The van der Waals surface area contributed by atoms with E-state index in [1.54, 1.807) is 0 Å². The van der Waals surface area contributed by atoms with E-state index < -0.39 is 12.1 Å². The largest absolute Gasteiger partial charge is 0.481 e. The molecule has 0 radical (unpaired) electrons. The van der Waals surface area contributed by atoms with E-state index in [1.807, 2.05) is 0 Å². The van der Waals surface area contributed by atoms with Gasteiger partial charge in [0.05, 0.1) is 0 Å². The van der Waals surface area contributed by atoms with Gasteiger partial charge in [0, 0.05) is 25.7 Å². The molecule has 0 bridgehead atoms. The first-order valence-electron chi connectivity index (χ1n) is 27.9. The summed E-state index contributed by atoms with van der Waals surface area (Å²) < 4.78 is 16.8. The van der Waals surface area contributed by atoms with Gasteiger partial charge in [0.25, 0.3) is 0 Å². The number of aliphatic carboxylic acids is 1. The summed E-state index contributed by atoms with van der Waals surface area (Å²) in [5, 5.41) is 8.71. The van der Waals surface area contributed by atoms with E-state index in [2.05, 4.69) is 38.2 Å². The fourth-order valence-corrected chi connectivity index (χ4v) is 8.22. The quantitative estimate of drug-likeness (QED) is 0.0278. The summed E-state index contributed by atoms with van der Waals surface area (Å²) in [6.07, 6.45) is 56.6. The Hall–Kier alpha value is -2.64. The maximum Gasteiger partial charge on any atom is 0.306 e. The number of allylic oxidation sites excluding steroid dienone is 4. The molecule has 0 amide bonds. The van der Waals surface area contributed by atoms with Crippen LogP contribution in [0, 0.1) is 0 Å². The molecule has 0 heterocycles. The number of hydrogen-bond donors (Lipinski definition) is 1. The van der Waals surface area contributed by atoms with Crippen molar-refractivity contribution in [3.8, 4) is 0 Å². The monoisotopic (exact) mass is 917 g/mol. The van der Waals surface area contributed by atoms with Gasteiger partial charge in [0.1, 0.15) is 13.2 Å². The highest BCUT2D eigenvalue weighted by Gasteiger charge is 2.19. The number of hydrogen-bond acceptors (Lipinski definition) is 7. The van der Waals surface area contributed by atoms with Gasteiger partial charge in [-0.05, 0) is 77.0 Å². The third-order valence-corrected chi connectivity index (χ3v) is 12.5. The lowest BCUT2D eigenvalue weighted by Gasteiger charge is -2.18. The van der Waals surface area contributed by atoms with E-state index in [0.29, 0.717) is 19.3 Å². The molecule has 0 saturated heterocycles. The minimum absolute atomic E-state index is 0.0929. The zero-order valence-corrected chi connectivity index (χ0v) is 42.7. The number of rotatable bonds is 52. The molecule has 0 aliphatic carbocycles. The average Bonchev–Trinajstić information content (AvgIpc) is 3.29. The molecule has 1 atom stereocenters. The Kier molecular flexibility index (Phi) is 50.2. The molecule has 0 fully saturated rings. The molecule has 380 valence electrons. The van der Waals surface area contributed by atoms with Crippen molar-refractivity contribution in [1.82, 2.24) is 0 Å². The first-order chi connectivity index (χ1) is 31.9. The second-order valence-electron chi connectivity index (χ2n) is 19.0. The average molecular weight is 917 g/mol. The van der Waals surface area contributed by atoms with Crippen LogP contribution in [0.15, 0.2) is 24.3 Å². The molecule has 1 unspecified atom stereocenters. The molecule has 0 saturated carbocycles. The summed E-state index contributed by atoms with van der Waals surface area (Å²) in [6.45, 7) is 4.34. The van der Waals surface area contributed by atoms with E-state index in [0.717, 1.165) is 122 Å². The molecule has 0 rings (SSSR count). The fourth-order valence-electron chi connectivity index (χ4n) is 8.22. The van der Waals surface area contributed by atoms with Crippen LogP contribution in [0.2, 0.25) is 0 Å². The Balaban J connectivity index is 4.37. The maximum absolute atomic E-state index is 12.8. The van der Waals surface area contributed by atoms with Crippen LogP contribution in [0.1, 0.15) is 296 Å². The van der Waals surface area contributed by atoms with Crippen molar-refractivity contribution in [3.63, 3.8) is 0 Å². The molecule has 0 aromatic heterocycles. The van der Waals surface area contributed by atoms with E-state index in [4.69, 9.17) is 19.3 Å². The van der Waals surface area contributed by atoms with Gasteiger partial charge in [-0.2, -0.15) is 0 Å². The van der Waals surface area contributed by atoms with Crippen LogP contribution >= 0.6 is 0 Å². The zero-order valence-electron chi connectivity index (χ0n) is 42.7. The number of carbonyl (C=O) groups excluding carboxylic acids is 3. The van der Waals surface area contributed by atoms with Gasteiger partial charge in [-0.3, -0.25) is 19.2 Å². The lowest BCUT2D eigenvalue weighted by Crippen LogP contribution is -2.30. The SMILES string of the molecule is CCCCCCCC/C=C\CCCCCCCC(=O)OCC(COC(=O)CCCCCCCCCCCCCCCCC)OC(=O)CCCCCCCC=CCCCCCCCC(=O)O. The Labute approximate surface area is 401 Å². The molecule has 65 heavy (non-hydrogen) atoms. The number of carboxylic acid groups (broad SMARTS) is 1. The van der Waals surface area contributed by atoms with Crippen molar-refractivity contribution in [1.29, 1.82) is 0 Å². The Bertz CT molecular complexity index is 1120. The number of unbranched alkanes of at least 4 members (excludes halogenated alkanes) is 35. The maximum atomic E-state index is 12.8. The van der Waals surface area contributed by atoms with Gasteiger partial charge >= 0.3 is 23.9 Å². The van der Waals surface area contributed by atoms with Crippen LogP contribution in [0.25, 0.3) is 0 Å². The van der Waals surface area contributed by atoms with Crippen LogP contribution in [0.3, 0.4) is 0 Å². The summed E-state index contributed by atoms with van der Waals surface area (Å²) in [6, 6.07) is 0. The van der Waals surface area contributed by atoms with Gasteiger partial charge in [0.15, 0.2) is 6.10 Å². The van der Waals surface area contributed by atoms with E-state index in [-0.39, 0.29) is 37.5 Å². The predicted octanol–water partition coefficient (Wildman–Crippen LogP) is 17.4. The predicted molar refractivity (Wildman–Crippen MR) is 272 cm³/mol. The second kappa shape index (κ2) is 52.3. The Morgan fingerprint density at radius 2 is 0.585 bits per heavy atom. The number of esters is 3. The van der Waals surface area contributed by atoms with Crippen molar-refractivity contribution >= 4 is 23.9 Å². The van der Waals surface area contributed by atoms with Crippen LogP contribution in [-0.4, -0.2) is 48.3 Å². The van der Waals surface area contributed by atoms with Gasteiger partial charge in [-0.1, -0.05) is 218 Å². The van der Waals surface area contributed by atoms with Crippen LogP contribution in [0.4, 0.5) is 0 Å². The molecule has 0 spiro atoms. The van der Waals surface area contributed by atoms with Gasteiger partial charge in [0.2, 0.25) is 0 Å². The number of ether oxygens (including phenoxy) is 3. The summed E-state index contributed by atoms with van der Waals surface area (Å²) in [5.74, 6) is -1.63. The molecule has 0 aliphatic heterocycles. The fraction of sp³-hybridized carbons (Fsp3) is 0.860. The smallest absolute Gasteiger partial charge is 0.306 e. The van der Waals surface area contributed by atoms with Crippen molar-refractivity contribution in [2.45, 2.75) is 302 Å². The highest BCUT2D eigenvalue weighted by Crippen LogP contribution is 2.16. The summed E-state index contributed by atoms with van der Waals surface area (Å²) in [4.78, 5) is 48.7. The van der Waals surface area contributed by atoms with Crippen molar-refractivity contribution < 1.29 is 38.5 Å². The second-order valence-corrected chi connectivity index (χ2v) is 19.0. The first-order valence-corrected chi connectivity index (χ1v) is 27.9. The lowest BCUT2D eigenvalue weighted by molar-refractivity contribution is -0.167. The molecule has 0 aromatic carbocycles. The molecule has 8 heteroatoms. The summed E-state index contributed by atoms with van der Waals surface area (Å²) >= 11 is 0. The topological polar surface area (TPSA) is 116 Å². The first kappa shape index (κ1) is 62.4. The third kappa shape index (κ3) is 52.2. The molecule has 1 N–H and O–H groups in total. The molecular weight excluding hydrogens is 813 g/mol. The summed E-state index contributed by atoms with van der Waals surface area (Å²) in [7, 11) is 0. The van der Waals surface area contributed by atoms with Crippen LogP contribution < -0.4 is 0 Å². The molecule has 8 nitrogen and oxygen atoms in total. The van der Waals surface area contributed by atoms with E-state index in [1.165, 1.54) is 135 Å². The normalized spacial score (nSPS) is 12.0. The van der Waals surface area contributed by atoms with Crippen molar-refractivity contribution in [2.24, 2.45) is 0 Å². The third-order valence-electron chi connectivity index (χ3n) is 12.5. The number of carbonyl (C=O) groups is 4. The molecule has 0 aliphatic rings. The highest BCUT2D eigenvalue weighted by atomic mass is 16.6.